The molecule has 1 aromatic rings. The monoisotopic (exact) mass is 388 g/mol. The van der Waals surface area contributed by atoms with E-state index in [4.69, 9.17) is 4.74 Å². The molecule has 28 heavy (non-hydrogen) atoms. The highest BCUT2D eigenvalue weighted by Gasteiger charge is 2.31. The molecule has 3 amide bonds. The van der Waals surface area contributed by atoms with E-state index in [1.807, 2.05) is 24.3 Å². The number of carbonyl (C=O) groups excluding carboxylic acids is 2. The van der Waals surface area contributed by atoms with E-state index in [2.05, 4.69) is 15.5 Å². The highest BCUT2D eigenvalue weighted by Crippen LogP contribution is 2.25. The van der Waals surface area contributed by atoms with E-state index in [-0.39, 0.29) is 18.0 Å². The van der Waals surface area contributed by atoms with E-state index in [1.54, 1.807) is 12.0 Å². The van der Waals surface area contributed by atoms with Crippen LogP contribution in [0.15, 0.2) is 24.3 Å². The van der Waals surface area contributed by atoms with Crippen molar-refractivity contribution in [2.75, 3.05) is 44.7 Å². The molecule has 0 saturated carbocycles. The van der Waals surface area contributed by atoms with Gasteiger partial charge in [0.1, 0.15) is 5.75 Å². The van der Waals surface area contributed by atoms with Gasteiger partial charge in [0.2, 0.25) is 5.91 Å². The molecule has 3 rings (SSSR count). The zero-order valence-corrected chi connectivity index (χ0v) is 16.8. The molecule has 2 aliphatic rings. The summed E-state index contributed by atoms with van der Waals surface area (Å²) in [5.74, 6) is 0.726. The van der Waals surface area contributed by atoms with E-state index in [0.717, 1.165) is 18.7 Å². The second kappa shape index (κ2) is 10.3. The Morgan fingerprint density at radius 1 is 1.21 bits per heavy atom. The van der Waals surface area contributed by atoms with Crippen LogP contribution in [0, 0.1) is 0 Å². The van der Waals surface area contributed by atoms with Crippen LogP contribution in [0.2, 0.25) is 0 Å². The number of methoxy groups -OCH3 is 1. The number of hydrogen-bond acceptors (Lipinski definition) is 4. The standard InChI is InChI=1S/C21H32N4O3/c1-28-19-9-6-8-18(15-19)25-16-17(14-20(25)26)23-21(27)22-10-7-13-24-11-4-2-3-5-12-24/h6,8-9,15,17H,2-5,7,10-14,16H2,1H3,(H2,22,23,27). The van der Waals surface area contributed by atoms with Crippen LogP contribution in [0.5, 0.6) is 5.75 Å². The fourth-order valence-electron chi connectivity index (χ4n) is 3.93. The van der Waals surface area contributed by atoms with Crippen LogP contribution in [0.25, 0.3) is 0 Å². The largest absolute Gasteiger partial charge is 0.497 e. The van der Waals surface area contributed by atoms with Gasteiger partial charge in [-0.3, -0.25) is 4.79 Å². The fourth-order valence-corrected chi connectivity index (χ4v) is 3.93. The molecule has 7 nitrogen and oxygen atoms in total. The maximum atomic E-state index is 12.3. The molecule has 2 N–H and O–H groups in total. The lowest BCUT2D eigenvalue weighted by molar-refractivity contribution is -0.117. The first-order valence-electron chi connectivity index (χ1n) is 10.4. The number of benzene rings is 1. The lowest BCUT2D eigenvalue weighted by Gasteiger charge is -2.20. The summed E-state index contributed by atoms with van der Waals surface area (Å²) in [6.45, 7) is 4.52. The number of amides is 3. The normalized spacial score (nSPS) is 20.7. The van der Waals surface area contributed by atoms with Crippen molar-refractivity contribution in [1.29, 1.82) is 0 Å². The number of carbonyl (C=O) groups is 2. The second-order valence-corrected chi connectivity index (χ2v) is 7.62. The van der Waals surface area contributed by atoms with E-state index < -0.39 is 0 Å². The number of hydrogen-bond donors (Lipinski definition) is 2. The minimum absolute atomic E-state index is 0.0136. The Hall–Kier alpha value is -2.28. The molecule has 154 valence electrons. The first-order valence-corrected chi connectivity index (χ1v) is 10.4. The number of likely N-dealkylation sites (tertiary alicyclic amines) is 1. The average molecular weight is 389 g/mol. The van der Waals surface area contributed by atoms with Crippen molar-refractivity contribution in [1.82, 2.24) is 15.5 Å². The van der Waals surface area contributed by atoms with E-state index in [9.17, 15) is 9.59 Å². The number of rotatable bonds is 7. The number of ether oxygens (including phenoxy) is 1. The van der Waals surface area contributed by atoms with Crippen LogP contribution in [-0.4, -0.2) is 62.7 Å². The van der Waals surface area contributed by atoms with Crippen LogP contribution in [0.4, 0.5) is 10.5 Å². The van der Waals surface area contributed by atoms with Gasteiger partial charge in [-0.15, -0.1) is 0 Å². The molecule has 1 aromatic carbocycles. The summed E-state index contributed by atoms with van der Waals surface area (Å²) in [5, 5.41) is 5.85. The van der Waals surface area contributed by atoms with Gasteiger partial charge < -0.3 is 25.2 Å². The summed E-state index contributed by atoms with van der Waals surface area (Å²) < 4.78 is 5.23. The summed E-state index contributed by atoms with van der Waals surface area (Å²) in [6.07, 6.45) is 6.51. The molecule has 2 aliphatic heterocycles. The van der Waals surface area contributed by atoms with Crippen molar-refractivity contribution in [2.24, 2.45) is 0 Å². The lowest BCUT2D eigenvalue weighted by Crippen LogP contribution is -2.44. The first-order chi connectivity index (χ1) is 13.7. The number of urea groups is 1. The van der Waals surface area contributed by atoms with Crippen LogP contribution >= 0.6 is 0 Å². The molecule has 2 fully saturated rings. The van der Waals surface area contributed by atoms with Crippen molar-refractivity contribution in [2.45, 2.75) is 44.6 Å². The zero-order valence-electron chi connectivity index (χ0n) is 16.8. The van der Waals surface area contributed by atoms with E-state index in [1.165, 1.54) is 38.8 Å². The van der Waals surface area contributed by atoms with Gasteiger partial charge in [-0.1, -0.05) is 18.9 Å². The van der Waals surface area contributed by atoms with Gasteiger partial charge in [-0.25, -0.2) is 4.79 Å². The highest BCUT2D eigenvalue weighted by molar-refractivity contribution is 5.97. The quantitative estimate of drug-likeness (QED) is 0.704. The van der Waals surface area contributed by atoms with Crippen LogP contribution in [-0.2, 0) is 4.79 Å². The van der Waals surface area contributed by atoms with Crippen LogP contribution < -0.4 is 20.3 Å². The molecule has 0 spiro atoms. The van der Waals surface area contributed by atoms with Gasteiger partial charge in [0.15, 0.2) is 0 Å². The molecular weight excluding hydrogens is 356 g/mol. The van der Waals surface area contributed by atoms with Crippen molar-refractivity contribution >= 4 is 17.6 Å². The third-order valence-corrected chi connectivity index (χ3v) is 5.46. The number of anilines is 1. The van der Waals surface area contributed by atoms with Gasteiger partial charge in [-0.05, 0) is 51.0 Å². The Kier molecular flexibility index (Phi) is 7.54. The van der Waals surface area contributed by atoms with Gasteiger partial charge >= 0.3 is 6.03 Å². The van der Waals surface area contributed by atoms with Crippen molar-refractivity contribution in [3.05, 3.63) is 24.3 Å². The predicted molar refractivity (Wildman–Crippen MR) is 110 cm³/mol. The molecule has 0 aromatic heterocycles. The first kappa shape index (κ1) is 20.5. The summed E-state index contributed by atoms with van der Waals surface area (Å²) in [4.78, 5) is 28.7. The SMILES string of the molecule is COc1cccc(N2CC(NC(=O)NCCCN3CCCCCC3)CC2=O)c1. The Bertz CT molecular complexity index is 659. The molecule has 7 heteroatoms. The zero-order chi connectivity index (χ0) is 19.8. The van der Waals surface area contributed by atoms with Crippen molar-refractivity contribution in [3.8, 4) is 5.75 Å². The summed E-state index contributed by atoms with van der Waals surface area (Å²) >= 11 is 0. The maximum absolute atomic E-state index is 12.3. The summed E-state index contributed by atoms with van der Waals surface area (Å²) in [6, 6.07) is 7.05. The average Bonchev–Trinajstić information content (AvgIpc) is 2.90. The highest BCUT2D eigenvalue weighted by atomic mass is 16.5. The molecule has 0 bridgehead atoms. The fraction of sp³-hybridized carbons (Fsp3) is 0.619. The van der Waals surface area contributed by atoms with Crippen LogP contribution in [0.3, 0.4) is 0 Å². The van der Waals surface area contributed by atoms with Gasteiger partial charge in [0, 0.05) is 31.3 Å². The molecule has 1 unspecified atom stereocenters. The Balaban J connectivity index is 1.38. The Morgan fingerprint density at radius 2 is 2.00 bits per heavy atom. The molecular formula is C21H32N4O3. The molecule has 2 saturated heterocycles. The van der Waals surface area contributed by atoms with E-state index in [0.29, 0.717) is 25.3 Å². The smallest absolute Gasteiger partial charge is 0.315 e. The number of nitrogens with one attached hydrogen (secondary N) is 2. The Morgan fingerprint density at radius 3 is 2.75 bits per heavy atom. The van der Waals surface area contributed by atoms with Crippen molar-refractivity contribution in [3.63, 3.8) is 0 Å². The molecule has 0 aliphatic carbocycles. The summed E-state index contributed by atoms with van der Waals surface area (Å²) in [7, 11) is 1.60. The molecule has 1 atom stereocenters. The lowest BCUT2D eigenvalue weighted by atomic mass is 10.2. The molecule has 2 heterocycles. The third kappa shape index (κ3) is 5.86. The van der Waals surface area contributed by atoms with Crippen LogP contribution in [0.1, 0.15) is 38.5 Å². The van der Waals surface area contributed by atoms with E-state index >= 15 is 0 Å². The minimum atomic E-state index is -0.193. The molecule has 0 radical (unpaired) electrons. The third-order valence-electron chi connectivity index (χ3n) is 5.46. The topological polar surface area (TPSA) is 73.9 Å². The van der Waals surface area contributed by atoms with Gasteiger partial charge in [0.25, 0.3) is 0 Å². The predicted octanol–water partition coefficient (Wildman–Crippen LogP) is 2.37. The van der Waals surface area contributed by atoms with Crippen molar-refractivity contribution < 1.29 is 14.3 Å². The van der Waals surface area contributed by atoms with Gasteiger partial charge in [0.05, 0.1) is 13.2 Å². The number of nitrogens with zero attached hydrogens (tertiary/aromatic N) is 2. The second-order valence-electron chi connectivity index (χ2n) is 7.62. The Labute approximate surface area is 167 Å². The summed E-state index contributed by atoms with van der Waals surface area (Å²) in [5.41, 5.74) is 0.798. The van der Waals surface area contributed by atoms with Gasteiger partial charge in [-0.2, -0.15) is 0 Å². The minimum Gasteiger partial charge on any atom is -0.497 e. The maximum Gasteiger partial charge on any atom is 0.315 e.